The van der Waals surface area contributed by atoms with E-state index in [0.29, 0.717) is 6.61 Å². The quantitative estimate of drug-likeness (QED) is 0.319. The van der Waals surface area contributed by atoms with Crippen LogP contribution in [0, 0.1) is 0 Å². The molecule has 0 aliphatic rings. The number of rotatable bonds is 6. The molecule has 0 rings (SSSR count). The van der Waals surface area contributed by atoms with Gasteiger partial charge in [0.05, 0.1) is 12.7 Å². The molecule has 1 atom stereocenters. The highest BCUT2D eigenvalue weighted by Gasteiger charge is 2.37. The van der Waals surface area contributed by atoms with E-state index in [0.717, 1.165) is 0 Å². The van der Waals surface area contributed by atoms with Crippen LogP contribution in [-0.2, 0) is 14.0 Å². The van der Waals surface area contributed by atoms with Crippen molar-refractivity contribution >= 4 is 14.3 Å². The lowest BCUT2D eigenvalue weighted by molar-refractivity contribution is -0.137. The minimum absolute atomic E-state index is 0.0488. The Labute approximate surface area is 118 Å². The van der Waals surface area contributed by atoms with Crippen LogP contribution in [0.2, 0.25) is 18.1 Å². The van der Waals surface area contributed by atoms with Crippen LogP contribution < -0.4 is 0 Å². The average molecular weight is 284 g/mol. The third kappa shape index (κ3) is 7.33. The van der Waals surface area contributed by atoms with E-state index in [-0.39, 0.29) is 17.1 Å². The van der Waals surface area contributed by atoms with Crippen LogP contribution >= 0.6 is 0 Å². The number of allylic oxidation sites excluding steroid dienone is 2. The van der Waals surface area contributed by atoms with E-state index < -0.39 is 8.32 Å². The lowest BCUT2D eigenvalue weighted by Gasteiger charge is -2.37. The largest absolute Gasteiger partial charge is 0.463 e. The van der Waals surface area contributed by atoms with E-state index in [9.17, 15) is 4.79 Å². The molecule has 19 heavy (non-hydrogen) atoms. The molecule has 0 unspecified atom stereocenters. The van der Waals surface area contributed by atoms with Crippen LogP contribution in [0.15, 0.2) is 24.3 Å². The van der Waals surface area contributed by atoms with Gasteiger partial charge in [-0.25, -0.2) is 4.79 Å². The molecule has 0 heterocycles. The maximum Gasteiger partial charge on any atom is 0.330 e. The molecule has 0 bridgehead atoms. The molecule has 0 aromatic carbocycles. The van der Waals surface area contributed by atoms with Crippen molar-refractivity contribution in [3.05, 3.63) is 24.3 Å². The third-order valence-corrected chi connectivity index (χ3v) is 7.87. The van der Waals surface area contributed by atoms with Crippen molar-refractivity contribution in [3.63, 3.8) is 0 Å². The van der Waals surface area contributed by atoms with Gasteiger partial charge in [0.15, 0.2) is 8.32 Å². The minimum atomic E-state index is -1.73. The summed E-state index contributed by atoms with van der Waals surface area (Å²) in [4.78, 5) is 11.1. The van der Waals surface area contributed by atoms with Crippen molar-refractivity contribution in [2.75, 3.05) is 6.61 Å². The van der Waals surface area contributed by atoms with Gasteiger partial charge < -0.3 is 9.16 Å². The fourth-order valence-corrected chi connectivity index (χ4v) is 2.59. The van der Waals surface area contributed by atoms with Gasteiger partial charge in [-0.3, -0.25) is 0 Å². The molecule has 0 radical (unpaired) electrons. The zero-order chi connectivity index (χ0) is 15.1. The fraction of sp³-hybridized carbons (Fsp3) is 0.667. The second-order valence-corrected chi connectivity index (χ2v) is 10.8. The predicted molar refractivity (Wildman–Crippen MR) is 82.7 cm³/mol. The van der Waals surface area contributed by atoms with Gasteiger partial charge in [-0.2, -0.15) is 0 Å². The Morgan fingerprint density at radius 2 is 1.84 bits per heavy atom. The van der Waals surface area contributed by atoms with E-state index in [1.165, 1.54) is 6.08 Å². The molecule has 0 fully saturated rings. The minimum Gasteiger partial charge on any atom is -0.463 e. The predicted octanol–water partition coefficient (Wildman–Crippen LogP) is 4.07. The summed E-state index contributed by atoms with van der Waals surface area (Å²) >= 11 is 0. The number of ether oxygens (including phenoxy) is 1. The molecule has 0 amide bonds. The van der Waals surface area contributed by atoms with Crippen molar-refractivity contribution in [2.45, 2.75) is 58.9 Å². The first-order valence-corrected chi connectivity index (χ1v) is 9.70. The number of carbonyl (C=O) groups is 1. The first kappa shape index (κ1) is 18.1. The molecular formula is C15H28O3Si. The molecule has 0 aromatic heterocycles. The van der Waals surface area contributed by atoms with Crippen LogP contribution in [0.5, 0.6) is 0 Å². The molecule has 0 N–H and O–H groups in total. The second kappa shape index (κ2) is 7.65. The van der Waals surface area contributed by atoms with Gasteiger partial charge in [0.2, 0.25) is 0 Å². The molecule has 0 aromatic rings. The first-order valence-electron chi connectivity index (χ1n) is 6.79. The van der Waals surface area contributed by atoms with Crippen LogP contribution in [0.4, 0.5) is 0 Å². The highest BCUT2D eigenvalue weighted by molar-refractivity contribution is 6.74. The van der Waals surface area contributed by atoms with Crippen LogP contribution in [0.3, 0.4) is 0 Å². The zero-order valence-electron chi connectivity index (χ0n) is 13.3. The maximum atomic E-state index is 11.1. The van der Waals surface area contributed by atoms with Gasteiger partial charge in [-0.15, -0.1) is 0 Å². The number of carbonyl (C=O) groups excluding carboxylic acids is 1. The molecule has 4 heteroatoms. The Hall–Kier alpha value is -0.873. The summed E-state index contributed by atoms with van der Waals surface area (Å²) in [5.41, 5.74) is 0. The fourth-order valence-electron chi connectivity index (χ4n) is 1.23. The second-order valence-electron chi connectivity index (χ2n) is 6.08. The Balaban J connectivity index is 4.32. The summed E-state index contributed by atoms with van der Waals surface area (Å²) < 4.78 is 10.9. The van der Waals surface area contributed by atoms with Crippen LogP contribution in [0.25, 0.3) is 0 Å². The van der Waals surface area contributed by atoms with Crippen molar-refractivity contribution in [1.29, 1.82) is 0 Å². The average Bonchev–Trinajstić information content (AvgIpc) is 2.22. The highest BCUT2D eigenvalue weighted by Crippen LogP contribution is 2.37. The van der Waals surface area contributed by atoms with Crippen LogP contribution in [0.1, 0.15) is 34.6 Å². The highest BCUT2D eigenvalue weighted by atomic mass is 28.4. The number of hydrogen-bond donors (Lipinski definition) is 0. The zero-order valence-corrected chi connectivity index (χ0v) is 14.3. The molecule has 3 nitrogen and oxygen atoms in total. The van der Waals surface area contributed by atoms with E-state index in [2.05, 4.69) is 33.9 Å². The van der Waals surface area contributed by atoms with Crippen molar-refractivity contribution in [1.82, 2.24) is 0 Å². The van der Waals surface area contributed by atoms with Gasteiger partial charge in [0.25, 0.3) is 0 Å². The molecule has 0 aliphatic heterocycles. The standard InChI is InChI=1S/C15H28O3Si/c1-8-17-14(16)12-10-9-11-13(2)18-19(6,7)15(3,4)5/h9-13H,8H2,1-7H3/b11-9+,12-10-/t13-/m0/s1. The normalized spacial score (nSPS) is 15.1. The topological polar surface area (TPSA) is 35.5 Å². The van der Waals surface area contributed by atoms with Crippen molar-refractivity contribution in [2.24, 2.45) is 0 Å². The Morgan fingerprint density at radius 1 is 1.26 bits per heavy atom. The van der Waals surface area contributed by atoms with E-state index in [1.54, 1.807) is 13.0 Å². The van der Waals surface area contributed by atoms with Gasteiger partial charge in [-0.05, 0) is 32.0 Å². The summed E-state index contributed by atoms with van der Waals surface area (Å²) in [7, 11) is -1.73. The molecule has 110 valence electrons. The summed E-state index contributed by atoms with van der Waals surface area (Å²) in [5, 5.41) is 0.204. The van der Waals surface area contributed by atoms with Gasteiger partial charge in [0.1, 0.15) is 0 Å². The Kier molecular flexibility index (Phi) is 7.30. The Morgan fingerprint density at radius 3 is 2.32 bits per heavy atom. The summed E-state index contributed by atoms with van der Waals surface area (Å²) in [5.74, 6) is -0.315. The SMILES string of the molecule is CCOC(=O)/C=C\C=C\[C@H](C)O[Si](C)(C)C(C)(C)C. The molecule has 0 saturated carbocycles. The molecule has 0 saturated heterocycles. The number of esters is 1. The monoisotopic (exact) mass is 284 g/mol. The van der Waals surface area contributed by atoms with E-state index >= 15 is 0 Å². The van der Waals surface area contributed by atoms with E-state index in [4.69, 9.17) is 9.16 Å². The molecule has 0 spiro atoms. The van der Waals surface area contributed by atoms with Crippen molar-refractivity contribution < 1.29 is 14.0 Å². The first-order chi connectivity index (χ1) is 8.60. The summed E-state index contributed by atoms with van der Waals surface area (Å²) in [6.45, 7) is 15.3. The molecular weight excluding hydrogens is 256 g/mol. The van der Waals surface area contributed by atoms with Gasteiger partial charge in [0, 0.05) is 6.08 Å². The van der Waals surface area contributed by atoms with Crippen LogP contribution in [-0.4, -0.2) is 27.0 Å². The lowest BCUT2D eigenvalue weighted by atomic mass is 10.2. The third-order valence-electron chi connectivity index (χ3n) is 3.30. The Bertz CT molecular complexity index is 338. The van der Waals surface area contributed by atoms with Gasteiger partial charge >= 0.3 is 5.97 Å². The lowest BCUT2D eigenvalue weighted by Crippen LogP contribution is -2.42. The number of hydrogen-bond acceptors (Lipinski definition) is 3. The molecule has 0 aliphatic carbocycles. The van der Waals surface area contributed by atoms with E-state index in [1.807, 2.05) is 19.1 Å². The summed E-state index contributed by atoms with van der Waals surface area (Å²) in [6, 6.07) is 0. The van der Waals surface area contributed by atoms with Gasteiger partial charge in [-0.1, -0.05) is 39.0 Å². The smallest absolute Gasteiger partial charge is 0.330 e. The maximum absolute atomic E-state index is 11.1. The summed E-state index contributed by atoms with van der Waals surface area (Å²) in [6.07, 6.45) is 6.93. The van der Waals surface area contributed by atoms with Crippen molar-refractivity contribution in [3.8, 4) is 0 Å².